The number of carbonyl (C=O) groups excluding carboxylic acids is 1. The van der Waals surface area contributed by atoms with Crippen molar-refractivity contribution < 1.29 is 4.79 Å². The first kappa shape index (κ1) is 11.0. The van der Waals surface area contributed by atoms with Crippen molar-refractivity contribution in [3.05, 3.63) is 29.8 Å². The van der Waals surface area contributed by atoms with Crippen LogP contribution in [-0.2, 0) is 4.79 Å². The van der Waals surface area contributed by atoms with E-state index in [0.29, 0.717) is 12.0 Å². The average molecular weight is 300 g/mol. The van der Waals surface area contributed by atoms with Crippen molar-refractivity contribution in [1.82, 2.24) is 0 Å². The van der Waals surface area contributed by atoms with Crippen LogP contribution in [0, 0.1) is 11.3 Å². The molecular formula is C10H9IN2O. The SMILES string of the molecule is N#Cc1ccc(NC(=O)CCI)cc1. The maximum absolute atomic E-state index is 11.2. The molecule has 72 valence electrons. The molecule has 1 aromatic carbocycles. The molecule has 0 radical (unpaired) electrons. The predicted molar refractivity (Wildman–Crippen MR) is 63.3 cm³/mol. The number of hydrogen-bond donors (Lipinski definition) is 1. The molecule has 0 aliphatic heterocycles. The van der Waals surface area contributed by atoms with E-state index in [9.17, 15) is 4.79 Å². The van der Waals surface area contributed by atoms with Crippen molar-refractivity contribution >= 4 is 34.2 Å². The van der Waals surface area contributed by atoms with Gasteiger partial charge in [0.05, 0.1) is 11.6 Å². The van der Waals surface area contributed by atoms with Crippen molar-refractivity contribution in [1.29, 1.82) is 5.26 Å². The Balaban J connectivity index is 2.61. The standard InChI is InChI=1S/C10H9IN2O/c11-6-5-10(14)13-9-3-1-8(7-12)2-4-9/h1-4H,5-6H2,(H,13,14). The highest BCUT2D eigenvalue weighted by molar-refractivity contribution is 14.1. The van der Waals surface area contributed by atoms with Crippen LogP contribution in [0.3, 0.4) is 0 Å². The monoisotopic (exact) mass is 300 g/mol. The van der Waals surface area contributed by atoms with E-state index in [-0.39, 0.29) is 5.91 Å². The number of carbonyl (C=O) groups is 1. The summed E-state index contributed by atoms with van der Waals surface area (Å²) in [5.74, 6) is 0.00380. The highest BCUT2D eigenvalue weighted by atomic mass is 127. The second kappa shape index (κ2) is 5.60. The first-order chi connectivity index (χ1) is 6.76. The molecular weight excluding hydrogens is 291 g/mol. The van der Waals surface area contributed by atoms with Gasteiger partial charge >= 0.3 is 0 Å². The molecule has 0 heterocycles. The van der Waals surface area contributed by atoms with Crippen molar-refractivity contribution in [3.63, 3.8) is 0 Å². The summed E-state index contributed by atoms with van der Waals surface area (Å²) < 4.78 is 0.805. The van der Waals surface area contributed by atoms with Gasteiger partial charge in [-0.05, 0) is 24.3 Å². The van der Waals surface area contributed by atoms with Gasteiger partial charge in [-0.1, -0.05) is 22.6 Å². The molecule has 0 aliphatic rings. The minimum Gasteiger partial charge on any atom is -0.326 e. The van der Waals surface area contributed by atoms with Crippen LogP contribution >= 0.6 is 22.6 Å². The van der Waals surface area contributed by atoms with Crippen LogP contribution < -0.4 is 5.32 Å². The zero-order valence-electron chi connectivity index (χ0n) is 7.46. The molecule has 0 bridgehead atoms. The third kappa shape index (κ3) is 3.34. The number of rotatable bonds is 3. The number of nitrogens with one attached hydrogen (secondary N) is 1. The molecule has 1 N–H and O–H groups in total. The van der Waals surface area contributed by atoms with E-state index in [1.54, 1.807) is 24.3 Å². The fourth-order valence-corrected chi connectivity index (χ4v) is 1.43. The van der Waals surface area contributed by atoms with Crippen molar-refractivity contribution in [2.75, 3.05) is 9.74 Å². The van der Waals surface area contributed by atoms with Crippen LogP contribution in [0.15, 0.2) is 24.3 Å². The molecule has 14 heavy (non-hydrogen) atoms. The molecule has 0 aromatic heterocycles. The minimum absolute atomic E-state index is 0.00380. The third-order valence-electron chi connectivity index (χ3n) is 1.62. The van der Waals surface area contributed by atoms with E-state index in [1.807, 2.05) is 6.07 Å². The Hall–Kier alpha value is -1.09. The summed E-state index contributed by atoms with van der Waals surface area (Å²) in [5, 5.41) is 11.3. The molecule has 0 aliphatic carbocycles. The van der Waals surface area contributed by atoms with Crippen LogP contribution in [0.2, 0.25) is 0 Å². The summed E-state index contributed by atoms with van der Waals surface area (Å²) in [6.45, 7) is 0. The molecule has 3 nitrogen and oxygen atoms in total. The van der Waals surface area contributed by atoms with Crippen molar-refractivity contribution in [2.45, 2.75) is 6.42 Å². The van der Waals surface area contributed by atoms with E-state index in [0.717, 1.165) is 10.1 Å². The lowest BCUT2D eigenvalue weighted by Crippen LogP contribution is -2.11. The number of anilines is 1. The predicted octanol–water partition coefficient (Wildman–Crippen LogP) is 2.32. The van der Waals surface area contributed by atoms with Gasteiger partial charge in [0.25, 0.3) is 0 Å². The molecule has 0 fully saturated rings. The summed E-state index contributed by atoms with van der Waals surface area (Å²) in [7, 11) is 0. The highest BCUT2D eigenvalue weighted by Gasteiger charge is 2.00. The smallest absolute Gasteiger partial charge is 0.225 e. The van der Waals surface area contributed by atoms with Gasteiger partial charge in [0.15, 0.2) is 0 Å². The largest absolute Gasteiger partial charge is 0.326 e. The summed E-state index contributed by atoms with van der Waals surface area (Å²) >= 11 is 2.15. The van der Waals surface area contributed by atoms with Crippen LogP contribution in [0.25, 0.3) is 0 Å². The molecule has 1 aromatic rings. The molecule has 4 heteroatoms. The fourth-order valence-electron chi connectivity index (χ4n) is 0.937. The quantitative estimate of drug-likeness (QED) is 0.688. The Labute approximate surface area is 96.3 Å². The van der Waals surface area contributed by atoms with E-state index < -0.39 is 0 Å². The van der Waals surface area contributed by atoms with Crippen molar-refractivity contribution in [2.24, 2.45) is 0 Å². The molecule has 0 spiro atoms. The van der Waals surface area contributed by atoms with E-state index in [1.165, 1.54) is 0 Å². The van der Waals surface area contributed by atoms with Gasteiger partial charge < -0.3 is 5.32 Å². The summed E-state index contributed by atoms with van der Waals surface area (Å²) in [6, 6.07) is 8.83. The maximum atomic E-state index is 11.2. The van der Waals surface area contributed by atoms with E-state index in [4.69, 9.17) is 5.26 Å². The first-order valence-corrected chi connectivity index (χ1v) is 5.65. The van der Waals surface area contributed by atoms with E-state index in [2.05, 4.69) is 27.9 Å². The lowest BCUT2D eigenvalue weighted by atomic mass is 10.2. The number of hydrogen-bond acceptors (Lipinski definition) is 2. The van der Waals surface area contributed by atoms with Gasteiger partial charge in [-0.3, -0.25) is 4.79 Å². The summed E-state index contributed by atoms with van der Waals surface area (Å²) in [6.07, 6.45) is 0.514. The number of benzene rings is 1. The molecule has 0 saturated carbocycles. The van der Waals surface area contributed by atoms with Crippen LogP contribution in [0.4, 0.5) is 5.69 Å². The minimum atomic E-state index is 0.00380. The van der Waals surface area contributed by atoms with Crippen LogP contribution in [0.5, 0.6) is 0 Å². The van der Waals surface area contributed by atoms with Gasteiger partial charge in [-0.2, -0.15) is 5.26 Å². The topological polar surface area (TPSA) is 52.9 Å². The zero-order valence-corrected chi connectivity index (χ0v) is 9.61. The Bertz CT molecular complexity index is 353. The Morgan fingerprint density at radius 3 is 2.57 bits per heavy atom. The van der Waals surface area contributed by atoms with E-state index >= 15 is 0 Å². The molecule has 0 saturated heterocycles. The second-order valence-corrected chi connectivity index (χ2v) is 3.76. The number of alkyl halides is 1. The van der Waals surface area contributed by atoms with Crippen LogP contribution in [0.1, 0.15) is 12.0 Å². The Morgan fingerprint density at radius 1 is 1.43 bits per heavy atom. The van der Waals surface area contributed by atoms with Gasteiger partial charge in [-0.15, -0.1) is 0 Å². The maximum Gasteiger partial charge on any atom is 0.225 e. The number of halogens is 1. The third-order valence-corrected chi connectivity index (χ3v) is 2.16. The normalized spacial score (nSPS) is 9.14. The zero-order chi connectivity index (χ0) is 10.4. The first-order valence-electron chi connectivity index (χ1n) is 4.12. The molecule has 0 unspecified atom stereocenters. The van der Waals surface area contributed by atoms with Gasteiger partial charge in [-0.25, -0.2) is 0 Å². The van der Waals surface area contributed by atoms with Crippen molar-refractivity contribution in [3.8, 4) is 6.07 Å². The van der Waals surface area contributed by atoms with Gasteiger partial charge in [0, 0.05) is 16.5 Å². The average Bonchev–Trinajstić information content (AvgIpc) is 2.19. The number of nitriles is 1. The number of nitrogens with zero attached hydrogens (tertiary/aromatic N) is 1. The summed E-state index contributed by atoms with van der Waals surface area (Å²) in [5.41, 5.74) is 1.33. The van der Waals surface area contributed by atoms with Gasteiger partial charge in [0.1, 0.15) is 0 Å². The second-order valence-electron chi connectivity index (χ2n) is 2.68. The van der Waals surface area contributed by atoms with Crippen LogP contribution in [-0.4, -0.2) is 10.3 Å². The fraction of sp³-hybridized carbons (Fsp3) is 0.200. The molecule has 1 rings (SSSR count). The summed E-state index contributed by atoms with van der Waals surface area (Å²) in [4.78, 5) is 11.2. The molecule has 0 atom stereocenters. The number of amides is 1. The molecule has 1 amide bonds. The van der Waals surface area contributed by atoms with Gasteiger partial charge in [0.2, 0.25) is 5.91 Å². The highest BCUT2D eigenvalue weighted by Crippen LogP contribution is 2.09. The Kier molecular flexibility index (Phi) is 4.40. The Morgan fingerprint density at radius 2 is 2.07 bits per heavy atom. The lowest BCUT2D eigenvalue weighted by molar-refractivity contribution is -0.115. The lowest BCUT2D eigenvalue weighted by Gasteiger charge is -2.02.